The van der Waals surface area contributed by atoms with Crippen LogP contribution in [0, 0.1) is 5.92 Å². The van der Waals surface area contributed by atoms with Gasteiger partial charge in [0.2, 0.25) is 0 Å². The first-order valence-corrected chi connectivity index (χ1v) is 8.85. The number of rotatable bonds is 5. The molecule has 0 bridgehead atoms. The fraction of sp³-hybridized carbons (Fsp3) is 0.250. The van der Waals surface area contributed by atoms with E-state index in [0.29, 0.717) is 12.0 Å². The number of carbonyl (C=O) groups excluding carboxylic acids is 1. The van der Waals surface area contributed by atoms with Crippen LogP contribution >= 0.6 is 7.75 Å². The zero-order valence-corrected chi connectivity index (χ0v) is 13.8. The fourth-order valence-corrected chi connectivity index (χ4v) is 3.11. The van der Waals surface area contributed by atoms with Crippen LogP contribution in [0.15, 0.2) is 53.0 Å². The van der Waals surface area contributed by atoms with Gasteiger partial charge in [0.1, 0.15) is 11.5 Å². The summed E-state index contributed by atoms with van der Waals surface area (Å²) >= 11 is 0. The molecule has 8 heteroatoms. The van der Waals surface area contributed by atoms with Crippen LogP contribution in [0.25, 0.3) is 0 Å². The van der Waals surface area contributed by atoms with Crippen molar-refractivity contribution in [1.82, 2.24) is 0 Å². The van der Waals surface area contributed by atoms with Gasteiger partial charge in [-0.15, -0.1) is 0 Å². The van der Waals surface area contributed by atoms with E-state index in [1.807, 2.05) is 0 Å². The van der Waals surface area contributed by atoms with Crippen LogP contribution in [-0.4, -0.2) is 31.5 Å². The number of carbonyl (C=O) groups is 1. The molecule has 0 saturated heterocycles. The van der Waals surface area contributed by atoms with Crippen LogP contribution < -0.4 is 0 Å². The molecule has 24 heavy (non-hydrogen) atoms. The van der Waals surface area contributed by atoms with E-state index in [0.717, 1.165) is 0 Å². The van der Waals surface area contributed by atoms with Crippen LogP contribution in [0.1, 0.15) is 24.8 Å². The van der Waals surface area contributed by atoms with Crippen LogP contribution in [0.4, 0.5) is 0 Å². The number of hydrogen-bond acceptors (Lipinski definition) is 4. The zero-order chi connectivity index (χ0) is 17.9. The van der Waals surface area contributed by atoms with Gasteiger partial charge in [-0.05, 0) is 42.3 Å². The van der Waals surface area contributed by atoms with Gasteiger partial charge in [-0.1, -0.05) is 19.1 Å². The molecule has 0 radical (unpaired) electrons. The van der Waals surface area contributed by atoms with Gasteiger partial charge in [0.15, 0.2) is 5.78 Å². The molecule has 1 aliphatic rings. The quantitative estimate of drug-likeness (QED) is 0.604. The number of allylic oxidation sites excluding steroid dienone is 3. The van der Waals surface area contributed by atoms with Crippen LogP contribution in [-0.2, 0) is 9.36 Å². The van der Waals surface area contributed by atoms with Crippen molar-refractivity contribution < 1.29 is 29.4 Å². The first-order valence-electron chi connectivity index (χ1n) is 7.28. The van der Waals surface area contributed by atoms with E-state index in [1.54, 1.807) is 19.1 Å². The summed E-state index contributed by atoms with van der Waals surface area (Å²) in [5.74, 6) is -2.21. The van der Waals surface area contributed by atoms with Crippen molar-refractivity contribution in [2.24, 2.45) is 10.7 Å². The molecule has 0 amide bonds. The highest BCUT2D eigenvalue weighted by Gasteiger charge is 2.32. The molecular weight excluding hydrogens is 333 g/mol. The van der Waals surface area contributed by atoms with E-state index in [9.17, 15) is 19.6 Å². The highest BCUT2D eigenvalue weighted by Crippen LogP contribution is 2.39. The molecule has 0 fully saturated rings. The van der Waals surface area contributed by atoms with E-state index in [4.69, 9.17) is 9.79 Å². The van der Waals surface area contributed by atoms with E-state index in [1.165, 1.54) is 30.4 Å². The van der Waals surface area contributed by atoms with E-state index >= 15 is 0 Å². The van der Waals surface area contributed by atoms with Crippen LogP contribution in [0.3, 0.4) is 0 Å². The third kappa shape index (κ3) is 4.41. The first kappa shape index (κ1) is 18.1. The van der Waals surface area contributed by atoms with Gasteiger partial charge in [0.25, 0.3) is 0 Å². The second-order valence-corrected chi connectivity index (χ2v) is 6.63. The monoisotopic (exact) mass is 351 g/mol. The smallest absolute Gasteiger partial charge is 0.448 e. The Morgan fingerprint density at radius 3 is 2.58 bits per heavy atom. The molecule has 128 valence electrons. The molecule has 7 nitrogen and oxygen atoms in total. The van der Waals surface area contributed by atoms with Gasteiger partial charge in [0.05, 0.1) is 11.6 Å². The van der Waals surface area contributed by atoms with Crippen molar-refractivity contribution in [2.75, 3.05) is 0 Å². The first-order chi connectivity index (χ1) is 11.2. The molecule has 2 atom stereocenters. The number of phenols is 1. The lowest BCUT2D eigenvalue weighted by atomic mass is 9.82. The SMILES string of the molecule is CCC(C(=O)C1C=C(O)C=C/C1=N\P(=O)(O)O)c1cccc(O)c1. The number of phenolic OH excluding ortho intramolecular Hbond substituents is 1. The van der Waals surface area contributed by atoms with Crippen molar-refractivity contribution >= 4 is 19.2 Å². The molecule has 2 rings (SSSR count). The second-order valence-electron chi connectivity index (χ2n) is 5.40. The Morgan fingerprint density at radius 1 is 1.29 bits per heavy atom. The number of Topliss-reactive ketones (excluding diaryl/α,β-unsaturated/α-hetero) is 1. The maximum Gasteiger partial charge on any atom is 0.448 e. The summed E-state index contributed by atoms with van der Waals surface area (Å²) < 4.78 is 14.5. The minimum atomic E-state index is -4.72. The molecule has 0 saturated carbocycles. The predicted octanol–water partition coefficient (Wildman–Crippen LogP) is 2.62. The average Bonchev–Trinajstić information content (AvgIpc) is 2.48. The van der Waals surface area contributed by atoms with Gasteiger partial charge in [-0.2, -0.15) is 4.76 Å². The van der Waals surface area contributed by atoms with Crippen molar-refractivity contribution in [3.63, 3.8) is 0 Å². The Balaban J connectivity index is 2.42. The van der Waals surface area contributed by atoms with Gasteiger partial charge < -0.3 is 20.0 Å². The molecule has 0 aliphatic heterocycles. The van der Waals surface area contributed by atoms with Crippen LogP contribution in [0.2, 0.25) is 0 Å². The summed E-state index contributed by atoms with van der Waals surface area (Å²) in [5.41, 5.74) is 0.477. The number of nitrogens with zero attached hydrogens (tertiary/aromatic N) is 1. The highest BCUT2D eigenvalue weighted by molar-refractivity contribution is 7.50. The molecule has 1 aromatic carbocycles. The van der Waals surface area contributed by atoms with Crippen molar-refractivity contribution in [3.8, 4) is 5.75 Å². The molecule has 0 heterocycles. The lowest BCUT2D eigenvalue weighted by Gasteiger charge is -2.22. The number of ketones is 1. The summed E-state index contributed by atoms with van der Waals surface area (Å²) in [5, 5.41) is 19.2. The van der Waals surface area contributed by atoms with Gasteiger partial charge in [-0.25, -0.2) is 4.57 Å². The van der Waals surface area contributed by atoms with Crippen molar-refractivity contribution in [3.05, 3.63) is 53.8 Å². The normalized spacial score (nSPS) is 20.7. The summed E-state index contributed by atoms with van der Waals surface area (Å²) in [6, 6.07) is 6.25. The molecule has 1 aromatic rings. The highest BCUT2D eigenvalue weighted by atomic mass is 31.2. The molecule has 0 spiro atoms. The average molecular weight is 351 g/mol. The lowest BCUT2D eigenvalue weighted by Crippen LogP contribution is -2.28. The molecule has 0 aromatic heterocycles. The minimum absolute atomic E-state index is 0.0183. The Labute approximate surface area is 138 Å². The summed E-state index contributed by atoms with van der Waals surface area (Å²) in [6.45, 7) is 1.79. The largest absolute Gasteiger partial charge is 0.508 e. The van der Waals surface area contributed by atoms with Crippen molar-refractivity contribution in [2.45, 2.75) is 19.3 Å². The molecular formula is C16H18NO6P. The topological polar surface area (TPSA) is 127 Å². The number of aliphatic hydroxyl groups excluding tert-OH is 1. The van der Waals surface area contributed by atoms with E-state index in [-0.39, 0.29) is 23.0 Å². The fourth-order valence-electron chi connectivity index (χ4n) is 2.62. The predicted molar refractivity (Wildman–Crippen MR) is 89.0 cm³/mol. The minimum Gasteiger partial charge on any atom is -0.508 e. The Hall–Kier alpha value is -2.21. The maximum atomic E-state index is 12.9. The lowest BCUT2D eigenvalue weighted by molar-refractivity contribution is -0.121. The summed E-state index contributed by atoms with van der Waals surface area (Å²) in [7, 11) is -4.72. The number of aromatic hydroxyl groups is 1. The molecule has 4 N–H and O–H groups in total. The Bertz CT molecular complexity index is 777. The molecule has 1 aliphatic carbocycles. The zero-order valence-electron chi connectivity index (χ0n) is 12.9. The van der Waals surface area contributed by atoms with Crippen LogP contribution in [0.5, 0.6) is 5.75 Å². The summed E-state index contributed by atoms with van der Waals surface area (Å²) in [6.07, 6.45) is 4.06. The number of aliphatic hydroxyl groups is 1. The van der Waals surface area contributed by atoms with E-state index in [2.05, 4.69) is 4.76 Å². The third-order valence-electron chi connectivity index (χ3n) is 3.66. The van der Waals surface area contributed by atoms with Crippen molar-refractivity contribution in [1.29, 1.82) is 0 Å². The number of hydrogen-bond donors (Lipinski definition) is 4. The van der Waals surface area contributed by atoms with Gasteiger partial charge >= 0.3 is 7.75 Å². The Kier molecular flexibility index (Phi) is 5.39. The van der Waals surface area contributed by atoms with Gasteiger partial charge in [-0.3, -0.25) is 4.79 Å². The van der Waals surface area contributed by atoms with E-state index < -0.39 is 19.6 Å². The second kappa shape index (κ2) is 7.13. The summed E-state index contributed by atoms with van der Waals surface area (Å²) in [4.78, 5) is 31.0. The molecule has 2 unspecified atom stereocenters. The third-order valence-corrected chi connectivity index (χ3v) is 4.15. The standard InChI is InChI=1S/C16H18NO6P/c1-2-13(10-4-3-5-11(18)8-10)16(20)14-9-12(19)6-7-15(14)17-24(21,22)23/h3-9,13-14,18-19H,2H2,1H3,(H2,21,22,23)/b17-15+. The maximum absolute atomic E-state index is 12.9. The van der Waals surface area contributed by atoms with Gasteiger partial charge in [0, 0.05) is 5.92 Å². The number of benzene rings is 1. The Morgan fingerprint density at radius 2 is 2.00 bits per heavy atom.